The fourth-order valence-corrected chi connectivity index (χ4v) is 2.56. The van der Waals surface area contributed by atoms with Crippen molar-refractivity contribution in [1.29, 1.82) is 0 Å². The van der Waals surface area contributed by atoms with E-state index in [9.17, 15) is 12.8 Å². The standard InChI is InChI=1S/C13H20FNO3S/c1-4-11(8-16)15-9(2)10-5-6-13(12(14)7-10)19(3,17)18/h5-7,9,11,15-16H,4,8H2,1-3H3. The van der Waals surface area contributed by atoms with E-state index in [-0.39, 0.29) is 23.6 Å². The molecule has 6 heteroatoms. The van der Waals surface area contributed by atoms with E-state index < -0.39 is 15.7 Å². The van der Waals surface area contributed by atoms with Crippen molar-refractivity contribution < 1.29 is 17.9 Å². The van der Waals surface area contributed by atoms with Crippen LogP contribution in [0.5, 0.6) is 0 Å². The van der Waals surface area contributed by atoms with Crippen molar-refractivity contribution in [2.75, 3.05) is 12.9 Å². The molecule has 0 saturated carbocycles. The number of hydrogen-bond acceptors (Lipinski definition) is 4. The first-order valence-corrected chi connectivity index (χ1v) is 8.05. The van der Waals surface area contributed by atoms with Gasteiger partial charge in [0, 0.05) is 18.3 Å². The highest BCUT2D eigenvalue weighted by molar-refractivity contribution is 7.90. The Labute approximate surface area is 113 Å². The minimum atomic E-state index is -3.54. The van der Waals surface area contributed by atoms with E-state index in [1.165, 1.54) is 12.1 Å². The molecule has 2 N–H and O–H groups in total. The summed E-state index contributed by atoms with van der Waals surface area (Å²) in [5.74, 6) is -0.745. The first kappa shape index (κ1) is 16.1. The third-order valence-corrected chi connectivity index (χ3v) is 4.18. The average molecular weight is 289 g/mol. The second kappa shape index (κ2) is 6.45. The Morgan fingerprint density at radius 2 is 2.05 bits per heavy atom. The third kappa shape index (κ3) is 4.26. The zero-order chi connectivity index (χ0) is 14.6. The summed E-state index contributed by atoms with van der Waals surface area (Å²) in [5, 5.41) is 12.3. The fraction of sp³-hybridized carbons (Fsp3) is 0.538. The van der Waals surface area contributed by atoms with E-state index in [1.54, 1.807) is 6.07 Å². The smallest absolute Gasteiger partial charge is 0.178 e. The highest BCUT2D eigenvalue weighted by Gasteiger charge is 2.17. The first-order chi connectivity index (χ1) is 8.79. The molecular weight excluding hydrogens is 269 g/mol. The molecule has 0 radical (unpaired) electrons. The number of aliphatic hydroxyl groups is 1. The lowest BCUT2D eigenvalue weighted by atomic mass is 10.1. The van der Waals surface area contributed by atoms with Gasteiger partial charge >= 0.3 is 0 Å². The predicted molar refractivity (Wildman–Crippen MR) is 72.2 cm³/mol. The van der Waals surface area contributed by atoms with Crippen LogP contribution < -0.4 is 5.32 Å². The van der Waals surface area contributed by atoms with Crippen LogP contribution in [0.3, 0.4) is 0 Å². The molecule has 0 aliphatic heterocycles. The normalized spacial score (nSPS) is 15.2. The highest BCUT2D eigenvalue weighted by Crippen LogP contribution is 2.20. The molecule has 0 spiro atoms. The molecule has 1 aromatic carbocycles. The van der Waals surface area contributed by atoms with Gasteiger partial charge in [-0.2, -0.15) is 0 Å². The summed E-state index contributed by atoms with van der Waals surface area (Å²) in [6, 6.07) is 3.85. The maximum Gasteiger partial charge on any atom is 0.178 e. The summed E-state index contributed by atoms with van der Waals surface area (Å²) in [6.45, 7) is 3.78. The highest BCUT2D eigenvalue weighted by atomic mass is 32.2. The summed E-state index contributed by atoms with van der Waals surface area (Å²) < 4.78 is 36.4. The molecule has 0 aliphatic rings. The lowest BCUT2D eigenvalue weighted by molar-refractivity contribution is 0.230. The SMILES string of the molecule is CCC(CO)NC(C)c1ccc(S(C)(=O)=O)c(F)c1. The topological polar surface area (TPSA) is 66.4 Å². The second-order valence-corrected chi connectivity index (χ2v) is 6.62. The predicted octanol–water partition coefficient (Wildman–Crippen LogP) is 1.65. The van der Waals surface area contributed by atoms with Crippen LogP contribution in [-0.4, -0.2) is 32.4 Å². The molecule has 0 aliphatic carbocycles. The number of benzene rings is 1. The van der Waals surface area contributed by atoms with Crippen molar-refractivity contribution in [3.05, 3.63) is 29.6 Å². The molecule has 0 saturated heterocycles. The van der Waals surface area contributed by atoms with E-state index in [2.05, 4.69) is 5.32 Å². The van der Waals surface area contributed by atoms with Crippen molar-refractivity contribution in [3.8, 4) is 0 Å². The van der Waals surface area contributed by atoms with Gasteiger partial charge in [-0.05, 0) is 31.0 Å². The minimum Gasteiger partial charge on any atom is -0.395 e. The average Bonchev–Trinajstić information content (AvgIpc) is 2.33. The van der Waals surface area contributed by atoms with Crippen LogP contribution >= 0.6 is 0 Å². The lowest BCUT2D eigenvalue weighted by Gasteiger charge is -2.21. The number of nitrogens with one attached hydrogen (secondary N) is 1. The third-order valence-electron chi connectivity index (χ3n) is 3.05. The monoisotopic (exact) mass is 289 g/mol. The quantitative estimate of drug-likeness (QED) is 0.835. The Kier molecular flexibility index (Phi) is 5.46. The van der Waals surface area contributed by atoms with Gasteiger partial charge in [0.2, 0.25) is 0 Å². The molecule has 4 nitrogen and oxygen atoms in total. The Morgan fingerprint density at radius 3 is 2.47 bits per heavy atom. The molecule has 19 heavy (non-hydrogen) atoms. The van der Waals surface area contributed by atoms with Gasteiger partial charge in [-0.15, -0.1) is 0 Å². The number of halogens is 1. The second-order valence-electron chi connectivity index (χ2n) is 4.64. The summed E-state index contributed by atoms with van der Waals surface area (Å²) in [7, 11) is -3.54. The fourth-order valence-electron chi connectivity index (χ4n) is 1.84. The van der Waals surface area contributed by atoms with E-state index in [0.29, 0.717) is 5.56 Å². The molecule has 0 heterocycles. The molecule has 0 amide bonds. The summed E-state index contributed by atoms with van der Waals surface area (Å²) >= 11 is 0. The summed E-state index contributed by atoms with van der Waals surface area (Å²) in [5.41, 5.74) is 0.650. The number of hydrogen-bond donors (Lipinski definition) is 2. The molecule has 0 aromatic heterocycles. The van der Waals surface area contributed by atoms with Crippen LogP contribution in [0.4, 0.5) is 4.39 Å². The van der Waals surface area contributed by atoms with Crippen molar-refractivity contribution in [3.63, 3.8) is 0 Å². The van der Waals surface area contributed by atoms with Gasteiger partial charge in [-0.1, -0.05) is 13.0 Å². The molecule has 2 atom stereocenters. The van der Waals surface area contributed by atoms with Gasteiger partial charge in [0.25, 0.3) is 0 Å². The zero-order valence-electron chi connectivity index (χ0n) is 11.4. The van der Waals surface area contributed by atoms with Crippen LogP contribution in [0.2, 0.25) is 0 Å². The summed E-state index contributed by atoms with van der Waals surface area (Å²) in [4.78, 5) is -0.294. The molecule has 108 valence electrons. The Hall–Kier alpha value is -0.980. The van der Waals surface area contributed by atoms with Gasteiger partial charge in [0.15, 0.2) is 9.84 Å². The molecule has 1 aromatic rings. The van der Waals surface area contributed by atoms with Gasteiger partial charge in [-0.3, -0.25) is 0 Å². The van der Waals surface area contributed by atoms with E-state index in [4.69, 9.17) is 5.11 Å². The maximum atomic E-state index is 13.8. The maximum absolute atomic E-state index is 13.8. The van der Waals surface area contributed by atoms with Crippen molar-refractivity contribution in [2.45, 2.75) is 37.2 Å². The van der Waals surface area contributed by atoms with E-state index >= 15 is 0 Å². The van der Waals surface area contributed by atoms with Crippen LogP contribution in [0.1, 0.15) is 31.9 Å². The molecule has 1 rings (SSSR count). The van der Waals surface area contributed by atoms with Crippen LogP contribution in [-0.2, 0) is 9.84 Å². The van der Waals surface area contributed by atoms with Crippen molar-refractivity contribution >= 4 is 9.84 Å². The van der Waals surface area contributed by atoms with E-state index in [1.807, 2.05) is 13.8 Å². The molecule has 2 unspecified atom stereocenters. The van der Waals surface area contributed by atoms with Gasteiger partial charge in [0.1, 0.15) is 10.7 Å². The molecule has 0 bridgehead atoms. The van der Waals surface area contributed by atoms with Gasteiger partial charge in [-0.25, -0.2) is 12.8 Å². The lowest BCUT2D eigenvalue weighted by Crippen LogP contribution is -2.33. The Balaban J connectivity index is 2.95. The van der Waals surface area contributed by atoms with Crippen LogP contribution in [0, 0.1) is 5.82 Å². The Bertz CT molecular complexity index is 527. The number of aliphatic hydroxyl groups excluding tert-OH is 1. The Morgan fingerprint density at radius 1 is 1.42 bits per heavy atom. The van der Waals surface area contributed by atoms with Crippen molar-refractivity contribution in [1.82, 2.24) is 5.32 Å². The van der Waals surface area contributed by atoms with Crippen molar-refractivity contribution in [2.24, 2.45) is 0 Å². The summed E-state index contributed by atoms with van der Waals surface area (Å²) in [6.07, 6.45) is 1.73. The molecule has 0 fully saturated rings. The zero-order valence-corrected chi connectivity index (χ0v) is 12.2. The first-order valence-electron chi connectivity index (χ1n) is 6.16. The largest absolute Gasteiger partial charge is 0.395 e. The van der Waals surface area contributed by atoms with E-state index in [0.717, 1.165) is 12.7 Å². The van der Waals surface area contributed by atoms with Crippen LogP contribution in [0.15, 0.2) is 23.1 Å². The van der Waals surface area contributed by atoms with Crippen LogP contribution in [0.25, 0.3) is 0 Å². The van der Waals surface area contributed by atoms with Gasteiger partial charge in [0.05, 0.1) is 6.61 Å². The number of sulfone groups is 1. The number of rotatable bonds is 6. The van der Waals surface area contributed by atoms with Gasteiger partial charge < -0.3 is 10.4 Å². The molecular formula is C13H20FNO3S. The minimum absolute atomic E-state index is 0.00471.